The smallest absolute Gasteiger partial charge is 0.411 e. The number of carboxylic acids is 1. The SMILES string of the molecule is CC(C)(Cn1nnnc1CCOCC(F)(F)F)C(=O)O. The molecule has 1 N–H and O–H groups in total. The first-order valence-corrected chi connectivity index (χ1v) is 5.75. The lowest BCUT2D eigenvalue weighted by atomic mass is 9.94. The van der Waals surface area contributed by atoms with Gasteiger partial charge in [-0.25, -0.2) is 4.68 Å². The predicted molar refractivity (Wildman–Crippen MR) is 59.8 cm³/mol. The van der Waals surface area contributed by atoms with Crippen LogP contribution in [-0.4, -0.2) is 50.7 Å². The first kappa shape index (κ1) is 16.3. The fraction of sp³-hybridized carbons (Fsp3) is 0.800. The number of ether oxygens (including phenoxy) is 1. The van der Waals surface area contributed by atoms with Crippen LogP contribution in [0.2, 0.25) is 0 Å². The van der Waals surface area contributed by atoms with E-state index in [4.69, 9.17) is 5.11 Å². The van der Waals surface area contributed by atoms with Gasteiger partial charge in [-0.05, 0) is 24.3 Å². The van der Waals surface area contributed by atoms with E-state index >= 15 is 0 Å². The second kappa shape index (κ2) is 6.16. The summed E-state index contributed by atoms with van der Waals surface area (Å²) in [4.78, 5) is 11.0. The van der Waals surface area contributed by atoms with Gasteiger partial charge in [0, 0.05) is 6.42 Å². The molecule has 0 spiro atoms. The standard InChI is InChI=1S/C10H15F3N4O3/c1-9(2,8(18)19)5-17-7(14-15-16-17)3-4-20-6-10(11,12)13/h3-6H2,1-2H3,(H,18,19). The molecule has 1 aromatic heterocycles. The van der Waals surface area contributed by atoms with Crippen LogP contribution in [0.1, 0.15) is 19.7 Å². The van der Waals surface area contributed by atoms with E-state index in [1.165, 1.54) is 18.5 Å². The normalized spacial score (nSPS) is 12.7. The van der Waals surface area contributed by atoms with Crippen LogP contribution in [0.4, 0.5) is 13.2 Å². The van der Waals surface area contributed by atoms with Crippen molar-refractivity contribution in [1.82, 2.24) is 20.2 Å². The highest BCUT2D eigenvalue weighted by molar-refractivity contribution is 5.73. The van der Waals surface area contributed by atoms with Crippen LogP contribution in [0.25, 0.3) is 0 Å². The van der Waals surface area contributed by atoms with Crippen LogP contribution in [0.15, 0.2) is 0 Å². The average molecular weight is 296 g/mol. The summed E-state index contributed by atoms with van der Waals surface area (Å²) in [7, 11) is 0. The Balaban J connectivity index is 2.53. The highest BCUT2D eigenvalue weighted by Crippen LogP contribution is 2.18. The molecule has 0 fully saturated rings. The largest absolute Gasteiger partial charge is 0.481 e. The van der Waals surface area contributed by atoms with Gasteiger partial charge >= 0.3 is 12.1 Å². The molecule has 0 atom stereocenters. The highest BCUT2D eigenvalue weighted by Gasteiger charge is 2.30. The second-order valence-electron chi connectivity index (χ2n) is 4.86. The second-order valence-corrected chi connectivity index (χ2v) is 4.86. The highest BCUT2D eigenvalue weighted by atomic mass is 19.4. The fourth-order valence-electron chi connectivity index (χ4n) is 1.32. The molecule has 0 aromatic carbocycles. The van der Waals surface area contributed by atoms with E-state index in [0.717, 1.165) is 0 Å². The minimum Gasteiger partial charge on any atom is -0.481 e. The topological polar surface area (TPSA) is 90.1 Å². The van der Waals surface area contributed by atoms with E-state index in [2.05, 4.69) is 20.3 Å². The van der Waals surface area contributed by atoms with Crippen LogP contribution in [0, 0.1) is 5.41 Å². The van der Waals surface area contributed by atoms with Crippen molar-refractivity contribution in [1.29, 1.82) is 0 Å². The third kappa shape index (κ3) is 5.11. The van der Waals surface area contributed by atoms with Crippen LogP contribution in [-0.2, 0) is 22.5 Å². The zero-order valence-corrected chi connectivity index (χ0v) is 11.0. The van der Waals surface area contributed by atoms with Gasteiger partial charge in [-0.3, -0.25) is 4.79 Å². The Hall–Kier alpha value is -1.71. The Morgan fingerprint density at radius 3 is 2.60 bits per heavy atom. The molecule has 1 heterocycles. The van der Waals surface area contributed by atoms with E-state index in [0.29, 0.717) is 0 Å². The van der Waals surface area contributed by atoms with Crippen molar-refractivity contribution in [3.05, 3.63) is 5.82 Å². The molecule has 0 saturated carbocycles. The number of hydrogen-bond acceptors (Lipinski definition) is 5. The zero-order chi connectivity index (χ0) is 15.4. The van der Waals surface area contributed by atoms with Gasteiger partial charge in [0.05, 0.1) is 18.6 Å². The molecule has 0 aliphatic rings. The van der Waals surface area contributed by atoms with Gasteiger partial charge < -0.3 is 9.84 Å². The molecule has 20 heavy (non-hydrogen) atoms. The number of rotatable bonds is 7. The van der Waals surface area contributed by atoms with Crippen molar-refractivity contribution in [3.63, 3.8) is 0 Å². The quantitative estimate of drug-likeness (QED) is 0.752. The molecule has 0 unspecified atom stereocenters. The number of carbonyl (C=O) groups is 1. The first-order valence-electron chi connectivity index (χ1n) is 5.75. The molecule has 0 amide bonds. The summed E-state index contributed by atoms with van der Waals surface area (Å²) >= 11 is 0. The molecular weight excluding hydrogens is 281 g/mol. The third-order valence-electron chi connectivity index (χ3n) is 2.47. The summed E-state index contributed by atoms with van der Waals surface area (Å²) in [6.07, 6.45) is -4.31. The van der Waals surface area contributed by atoms with Crippen molar-refractivity contribution in [2.75, 3.05) is 13.2 Å². The lowest BCUT2D eigenvalue weighted by Crippen LogP contribution is -2.30. The minimum atomic E-state index is -4.38. The summed E-state index contributed by atoms with van der Waals surface area (Å²) in [6, 6.07) is 0. The Kier molecular flexibility index (Phi) is 5.03. The lowest BCUT2D eigenvalue weighted by molar-refractivity contribution is -0.173. The molecule has 1 aromatic rings. The number of tetrazole rings is 1. The summed E-state index contributed by atoms with van der Waals surface area (Å²) in [5.41, 5.74) is -1.09. The summed E-state index contributed by atoms with van der Waals surface area (Å²) in [6.45, 7) is 1.48. The summed E-state index contributed by atoms with van der Waals surface area (Å²) in [5.74, 6) is -0.742. The van der Waals surface area contributed by atoms with Crippen LogP contribution < -0.4 is 0 Å². The van der Waals surface area contributed by atoms with Crippen LogP contribution >= 0.6 is 0 Å². The molecule has 10 heteroatoms. The average Bonchev–Trinajstić information content (AvgIpc) is 2.70. The van der Waals surface area contributed by atoms with Gasteiger partial charge in [0.2, 0.25) is 0 Å². The van der Waals surface area contributed by atoms with E-state index in [-0.39, 0.29) is 25.4 Å². The van der Waals surface area contributed by atoms with Gasteiger partial charge in [0.1, 0.15) is 6.61 Å². The van der Waals surface area contributed by atoms with E-state index in [1.54, 1.807) is 0 Å². The molecule has 0 saturated heterocycles. The van der Waals surface area contributed by atoms with Gasteiger partial charge in [-0.2, -0.15) is 13.2 Å². The van der Waals surface area contributed by atoms with Gasteiger partial charge in [-0.1, -0.05) is 0 Å². The van der Waals surface area contributed by atoms with E-state index in [1.807, 2.05) is 0 Å². The van der Waals surface area contributed by atoms with Crippen molar-refractivity contribution in [2.24, 2.45) is 5.41 Å². The monoisotopic (exact) mass is 296 g/mol. The number of alkyl halides is 3. The Bertz CT molecular complexity index is 459. The molecule has 114 valence electrons. The summed E-state index contributed by atoms with van der Waals surface area (Å²) < 4.78 is 41.3. The van der Waals surface area contributed by atoms with Crippen molar-refractivity contribution in [2.45, 2.75) is 33.0 Å². The van der Waals surface area contributed by atoms with Gasteiger partial charge in [0.15, 0.2) is 5.82 Å². The number of aromatic nitrogens is 4. The van der Waals surface area contributed by atoms with Crippen LogP contribution in [0.3, 0.4) is 0 Å². The predicted octanol–water partition coefficient (Wildman–Crippen LogP) is 0.905. The van der Waals surface area contributed by atoms with Crippen molar-refractivity contribution in [3.8, 4) is 0 Å². The molecule has 0 bridgehead atoms. The van der Waals surface area contributed by atoms with E-state index in [9.17, 15) is 18.0 Å². The van der Waals surface area contributed by atoms with Gasteiger partial charge in [-0.15, -0.1) is 5.10 Å². The summed E-state index contributed by atoms with van der Waals surface area (Å²) in [5, 5.41) is 19.7. The number of halogens is 3. The van der Waals surface area contributed by atoms with Crippen molar-refractivity contribution >= 4 is 5.97 Å². The molecular formula is C10H15F3N4O3. The van der Waals surface area contributed by atoms with E-state index < -0.39 is 24.2 Å². The Morgan fingerprint density at radius 2 is 2.05 bits per heavy atom. The molecule has 0 aliphatic heterocycles. The maximum absolute atomic E-state index is 11.9. The number of nitrogens with zero attached hydrogens (tertiary/aromatic N) is 4. The minimum absolute atomic E-state index is 0.0178. The first-order chi connectivity index (χ1) is 9.12. The molecule has 0 aliphatic carbocycles. The Labute approximate surface area is 112 Å². The number of carboxylic acid groups (broad SMARTS) is 1. The van der Waals surface area contributed by atoms with Crippen molar-refractivity contribution < 1.29 is 27.8 Å². The molecule has 7 nitrogen and oxygen atoms in total. The third-order valence-corrected chi connectivity index (χ3v) is 2.47. The van der Waals surface area contributed by atoms with Crippen LogP contribution in [0.5, 0.6) is 0 Å². The fourth-order valence-corrected chi connectivity index (χ4v) is 1.32. The maximum atomic E-state index is 11.9. The van der Waals surface area contributed by atoms with Gasteiger partial charge in [0.25, 0.3) is 0 Å². The maximum Gasteiger partial charge on any atom is 0.411 e. The Morgan fingerprint density at radius 1 is 1.40 bits per heavy atom. The number of aliphatic carboxylic acids is 1. The molecule has 1 rings (SSSR count). The zero-order valence-electron chi connectivity index (χ0n) is 11.0. The number of hydrogen-bond donors (Lipinski definition) is 1. The lowest BCUT2D eigenvalue weighted by Gasteiger charge is -2.19. The molecule has 0 radical (unpaired) electrons.